The van der Waals surface area contributed by atoms with Gasteiger partial charge in [-0.05, 0) is 55.9 Å². The number of amides is 2. The molecule has 4 rings (SSSR count). The Morgan fingerprint density at radius 1 is 1.06 bits per heavy atom. The van der Waals surface area contributed by atoms with Gasteiger partial charge >= 0.3 is 12.1 Å². The molecule has 7 heteroatoms. The molecular weight excluding hydrogens is 444 g/mol. The van der Waals surface area contributed by atoms with Gasteiger partial charge in [0, 0.05) is 18.4 Å². The van der Waals surface area contributed by atoms with Crippen molar-refractivity contribution in [2.75, 3.05) is 13.2 Å². The number of rotatable bonds is 7. The number of carbonyl (C=O) groups excluding carboxylic acids is 2. The lowest BCUT2D eigenvalue weighted by Gasteiger charge is -2.37. The van der Waals surface area contributed by atoms with Crippen LogP contribution in [0, 0.1) is 5.92 Å². The fourth-order valence-electron chi connectivity index (χ4n) is 5.15. The Kier molecular flexibility index (Phi) is 6.96. The maximum atomic E-state index is 13.1. The number of aliphatic carboxylic acids is 1. The number of hydrogen-bond donors (Lipinski definition) is 2. The number of nitrogens with one attached hydrogen (secondary N) is 1. The molecule has 35 heavy (non-hydrogen) atoms. The van der Waals surface area contributed by atoms with Gasteiger partial charge in [-0.25, -0.2) is 9.59 Å². The highest BCUT2D eigenvalue weighted by Gasteiger charge is 2.40. The van der Waals surface area contributed by atoms with Crippen LogP contribution in [0.3, 0.4) is 0 Å². The number of fused-ring (bicyclic) bond motifs is 3. The predicted octanol–water partition coefficient (Wildman–Crippen LogP) is 4.57. The first kappa shape index (κ1) is 24.5. The number of carboxylic acid groups (broad SMARTS) is 1. The van der Waals surface area contributed by atoms with Gasteiger partial charge < -0.3 is 20.1 Å². The van der Waals surface area contributed by atoms with Crippen LogP contribution in [0.5, 0.6) is 0 Å². The van der Waals surface area contributed by atoms with Crippen molar-refractivity contribution in [3.8, 4) is 11.1 Å². The van der Waals surface area contributed by atoms with E-state index >= 15 is 0 Å². The van der Waals surface area contributed by atoms with Crippen LogP contribution in [0.25, 0.3) is 11.1 Å². The summed E-state index contributed by atoms with van der Waals surface area (Å²) in [5, 5.41) is 12.4. The maximum absolute atomic E-state index is 13.1. The summed E-state index contributed by atoms with van der Waals surface area (Å²) in [5.41, 5.74) is 3.32. The van der Waals surface area contributed by atoms with Crippen LogP contribution in [-0.4, -0.2) is 52.7 Å². The number of benzene rings is 2. The molecule has 2 atom stereocenters. The third-order valence-electron chi connectivity index (χ3n) is 7.10. The third-order valence-corrected chi connectivity index (χ3v) is 7.10. The summed E-state index contributed by atoms with van der Waals surface area (Å²) >= 11 is 0. The Hall–Kier alpha value is -3.61. The second kappa shape index (κ2) is 9.94. The van der Waals surface area contributed by atoms with Crippen LogP contribution in [-0.2, 0) is 14.3 Å². The SMILES string of the molecule is CCN(C(=O)[C@@H]1CC=C[C@@H](NC(=O)OCC2c3ccccc3-c3ccccc32)C1)C(C)(C)C(=O)O. The zero-order chi connectivity index (χ0) is 25.2. The van der Waals surface area contributed by atoms with Crippen LogP contribution >= 0.6 is 0 Å². The number of nitrogens with zero attached hydrogens (tertiary/aromatic N) is 1. The molecule has 7 nitrogen and oxygen atoms in total. The topological polar surface area (TPSA) is 95.9 Å². The Bertz CT molecular complexity index is 1110. The van der Waals surface area contributed by atoms with Gasteiger partial charge in [-0.15, -0.1) is 0 Å². The van der Waals surface area contributed by atoms with Gasteiger partial charge in [-0.2, -0.15) is 0 Å². The third kappa shape index (κ3) is 4.81. The Labute approximate surface area is 205 Å². The lowest BCUT2D eigenvalue weighted by atomic mass is 9.88. The first-order valence-electron chi connectivity index (χ1n) is 12.1. The molecule has 0 radical (unpaired) electrons. The number of ether oxygens (including phenoxy) is 1. The number of allylic oxidation sites excluding steroid dienone is 1. The monoisotopic (exact) mass is 476 g/mol. The number of likely N-dealkylation sites (N-methyl/N-ethyl adjacent to an activating group) is 1. The Morgan fingerprint density at radius 2 is 1.66 bits per heavy atom. The van der Waals surface area contributed by atoms with Gasteiger partial charge in [0.2, 0.25) is 5.91 Å². The molecule has 2 aliphatic rings. The number of hydrogen-bond acceptors (Lipinski definition) is 4. The van der Waals surface area contributed by atoms with E-state index in [0.29, 0.717) is 19.4 Å². The molecular formula is C28H32N2O5. The first-order chi connectivity index (χ1) is 16.7. The predicted molar refractivity (Wildman–Crippen MR) is 133 cm³/mol. The fraction of sp³-hybridized carbons (Fsp3) is 0.393. The van der Waals surface area contributed by atoms with Gasteiger partial charge in [0.1, 0.15) is 12.1 Å². The molecule has 0 aromatic heterocycles. The summed E-state index contributed by atoms with van der Waals surface area (Å²) in [6, 6.07) is 16.0. The van der Waals surface area contributed by atoms with E-state index < -0.39 is 23.5 Å². The van der Waals surface area contributed by atoms with Crippen LogP contribution in [0.2, 0.25) is 0 Å². The largest absolute Gasteiger partial charge is 0.480 e. The lowest BCUT2D eigenvalue weighted by molar-refractivity contribution is -0.158. The van der Waals surface area contributed by atoms with Crippen molar-refractivity contribution in [2.24, 2.45) is 5.92 Å². The van der Waals surface area contributed by atoms with E-state index in [0.717, 1.165) is 11.1 Å². The van der Waals surface area contributed by atoms with Crippen LogP contribution in [0.1, 0.15) is 50.7 Å². The number of alkyl carbamates (subject to hydrolysis) is 1. The molecule has 0 unspecified atom stereocenters. The van der Waals surface area contributed by atoms with Crippen molar-refractivity contribution in [1.82, 2.24) is 10.2 Å². The van der Waals surface area contributed by atoms with Crippen LogP contribution in [0.15, 0.2) is 60.7 Å². The standard InChI is InChI=1S/C28H32N2O5/c1-4-30(28(2,3)26(32)33)25(31)18-10-9-11-19(16-18)29-27(34)35-17-24-22-14-7-5-12-20(22)21-13-6-8-15-23(21)24/h5-9,11-15,18-19,24H,4,10,16-17H2,1-3H3,(H,29,34)(H,32,33)/t18-,19-/m1/s1. The highest BCUT2D eigenvalue weighted by atomic mass is 16.5. The molecule has 0 fully saturated rings. The fourth-order valence-corrected chi connectivity index (χ4v) is 5.15. The number of carboxylic acids is 1. The molecule has 0 aliphatic heterocycles. The van der Waals surface area contributed by atoms with Crippen molar-refractivity contribution < 1.29 is 24.2 Å². The average Bonchev–Trinajstić information content (AvgIpc) is 3.17. The second-order valence-corrected chi connectivity index (χ2v) is 9.62. The summed E-state index contributed by atoms with van der Waals surface area (Å²) in [7, 11) is 0. The molecule has 0 saturated carbocycles. The van der Waals surface area contributed by atoms with E-state index in [1.54, 1.807) is 6.92 Å². The zero-order valence-electron chi connectivity index (χ0n) is 20.4. The van der Waals surface area contributed by atoms with Gasteiger partial charge in [0.05, 0.1) is 6.04 Å². The zero-order valence-corrected chi connectivity index (χ0v) is 20.4. The van der Waals surface area contributed by atoms with E-state index in [9.17, 15) is 19.5 Å². The van der Waals surface area contributed by atoms with Gasteiger partial charge in [-0.3, -0.25) is 4.79 Å². The second-order valence-electron chi connectivity index (χ2n) is 9.62. The van der Waals surface area contributed by atoms with E-state index in [4.69, 9.17) is 4.74 Å². The first-order valence-corrected chi connectivity index (χ1v) is 12.1. The minimum absolute atomic E-state index is 0.0271. The maximum Gasteiger partial charge on any atom is 0.407 e. The van der Waals surface area contributed by atoms with E-state index in [2.05, 4.69) is 29.6 Å². The van der Waals surface area contributed by atoms with Crippen molar-refractivity contribution >= 4 is 18.0 Å². The molecule has 2 aliphatic carbocycles. The van der Waals surface area contributed by atoms with Crippen molar-refractivity contribution in [3.63, 3.8) is 0 Å². The molecule has 2 aromatic rings. The van der Waals surface area contributed by atoms with E-state index in [1.165, 1.54) is 29.9 Å². The summed E-state index contributed by atoms with van der Waals surface area (Å²) < 4.78 is 5.64. The van der Waals surface area contributed by atoms with Crippen molar-refractivity contribution in [2.45, 2.75) is 51.1 Å². The Balaban J connectivity index is 1.37. The molecule has 2 N–H and O–H groups in total. The molecule has 2 aromatic carbocycles. The number of carbonyl (C=O) groups is 3. The molecule has 0 spiro atoms. The highest BCUT2D eigenvalue weighted by Crippen LogP contribution is 2.44. The Morgan fingerprint density at radius 3 is 2.23 bits per heavy atom. The van der Waals surface area contributed by atoms with Gasteiger partial charge in [0.15, 0.2) is 0 Å². The van der Waals surface area contributed by atoms with Crippen LogP contribution < -0.4 is 5.32 Å². The van der Waals surface area contributed by atoms with E-state index in [1.807, 2.05) is 36.4 Å². The minimum Gasteiger partial charge on any atom is -0.480 e. The highest BCUT2D eigenvalue weighted by molar-refractivity contribution is 5.88. The quantitative estimate of drug-likeness (QED) is 0.571. The summed E-state index contributed by atoms with van der Waals surface area (Å²) in [4.78, 5) is 38.9. The summed E-state index contributed by atoms with van der Waals surface area (Å²) in [6.45, 7) is 5.34. The normalized spacial score (nSPS) is 18.9. The van der Waals surface area contributed by atoms with Gasteiger partial charge in [0.25, 0.3) is 0 Å². The smallest absolute Gasteiger partial charge is 0.407 e. The lowest BCUT2D eigenvalue weighted by Crippen LogP contribution is -2.55. The van der Waals surface area contributed by atoms with Crippen molar-refractivity contribution in [3.05, 3.63) is 71.8 Å². The van der Waals surface area contributed by atoms with Crippen molar-refractivity contribution in [1.29, 1.82) is 0 Å². The molecule has 2 amide bonds. The molecule has 184 valence electrons. The molecule has 0 saturated heterocycles. The van der Waals surface area contributed by atoms with E-state index in [-0.39, 0.29) is 24.5 Å². The molecule has 0 bridgehead atoms. The van der Waals surface area contributed by atoms with Gasteiger partial charge in [-0.1, -0.05) is 60.7 Å². The molecule has 0 heterocycles. The van der Waals surface area contributed by atoms with Crippen LogP contribution in [0.4, 0.5) is 4.79 Å². The average molecular weight is 477 g/mol. The summed E-state index contributed by atoms with van der Waals surface area (Å²) in [5.74, 6) is -1.70. The summed E-state index contributed by atoms with van der Waals surface area (Å²) in [6.07, 6.45) is 4.10. The minimum atomic E-state index is -1.30.